The maximum absolute atomic E-state index is 10.6. The van der Waals surface area contributed by atoms with Crippen molar-refractivity contribution in [3.63, 3.8) is 0 Å². The van der Waals surface area contributed by atoms with Gasteiger partial charge in [-0.2, -0.15) is 0 Å². The molecule has 0 aliphatic rings. The van der Waals surface area contributed by atoms with Crippen LogP contribution in [-0.4, -0.2) is 16.7 Å². The maximum Gasteiger partial charge on any atom is 0.107 e. The SMILES string of the molecule is C=CCC(O)(CCCCC)C(=O)[O-]. The van der Waals surface area contributed by atoms with Crippen LogP contribution in [0, 0.1) is 0 Å². The molecule has 1 N–H and O–H groups in total. The first-order valence-corrected chi connectivity index (χ1v) is 4.61. The molecule has 0 saturated carbocycles. The Kier molecular flexibility index (Phi) is 5.39. The summed E-state index contributed by atoms with van der Waals surface area (Å²) in [6, 6.07) is 0. The largest absolute Gasteiger partial charge is 0.547 e. The molecule has 0 aliphatic heterocycles. The lowest BCUT2D eigenvalue weighted by molar-refractivity contribution is -0.325. The van der Waals surface area contributed by atoms with Crippen molar-refractivity contribution in [1.29, 1.82) is 0 Å². The van der Waals surface area contributed by atoms with Crippen LogP contribution >= 0.6 is 0 Å². The first kappa shape index (κ1) is 12.2. The Morgan fingerprint density at radius 3 is 2.62 bits per heavy atom. The topological polar surface area (TPSA) is 60.4 Å². The molecule has 3 heteroatoms. The lowest BCUT2D eigenvalue weighted by Gasteiger charge is -2.27. The van der Waals surface area contributed by atoms with Gasteiger partial charge in [0.25, 0.3) is 0 Å². The van der Waals surface area contributed by atoms with E-state index >= 15 is 0 Å². The number of aliphatic carboxylic acids is 1. The molecular formula is C10H17O3-. The molecule has 0 aromatic carbocycles. The highest BCUT2D eigenvalue weighted by Crippen LogP contribution is 2.18. The van der Waals surface area contributed by atoms with Crippen LogP contribution in [0.3, 0.4) is 0 Å². The number of carbonyl (C=O) groups excluding carboxylic acids is 1. The molecule has 0 fully saturated rings. The van der Waals surface area contributed by atoms with E-state index in [-0.39, 0.29) is 12.8 Å². The van der Waals surface area contributed by atoms with Gasteiger partial charge >= 0.3 is 0 Å². The fourth-order valence-corrected chi connectivity index (χ4v) is 1.19. The van der Waals surface area contributed by atoms with Gasteiger partial charge in [0.2, 0.25) is 0 Å². The second kappa shape index (κ2) is 5.75. The predicted molar refractivity (Wildman–Crippen MR) is 48.9 cm³/mol. The summed E-state index contributed by atoms with van der Waals surface area (Å²) < 4.78 is 0. The van der Waals surface area contributed by atoms with Gasteiger partial charge in [-0.15, -0.1) is 6.58 Å². The van der Waals surface area contributed by atoms with Crippen molar-refractivity contribution in [2.24, 2.45) is 0 Å². The fraction of sp³-hybridized carbons (Fsp3) is 0.700. The highest BCUT2D eigenvalue weighted by Gasteiger charge is 2.25. The van der Waals surface area contributed by atoms with E-state index in [1.54, 1.807) is 0 Å². The fourth-order valence-electron chi connectivity index (χ4n) is 1.19. The Morgan fingerprint density at radius 1 is 1.62 bits per heavy atom. The lowest BCUT2D eigenvalue weighted by Crippen LogP contribution is -2.48. The normalized spacial score (nSPS) is 14.9. The van der Waals surface area contributed by atoms with Crippen LogP contribution < -0.4 is 5.11 Å². The molecule has 1 unspecified atom stereocenters. The van der Waals surface area contributed by atoms with Crippen LogP contribution in [-0.2, 0) is 4.79 Å². The van der Waals surface area contributed by atoms with Crippen molar-refractivity contribution >= 4 is 5.97 Å². The Bertz CT molecular complexity index is 177. The van der Waals surface area contributed by atoms with Gasteiger partial charge in [-0.05, 0) is 12.8 Å². The average molecular weight is 185 g/mol. The lowest BCUT2D eigenvalue weighted by atomic mass is 9.93. The molecule has 0 heterocycles. The van der Waals surface area contributed by atoms with E-state index in [4.69, 9.17) is 0 Å². The third-order valence-electron chi connectivity index (χ3n) is 2.06. The molecule has 0 radical (unpaired) electrons. The summed E-state index contributed by atoms with van der Waals surface area (Å²) in [6.07, 6.45) is 4.33. The zero-order valence-electron chi connectivity index (χ0n) is 8.08. The minimum absolute atomic E-state index is 0.0546. The van der Waals surface area contributed by atoms with Crippen molar-refractivity contribution in [3.8, 4) is 0 Å². The van der Waals surface area contributed by atoms with Crippen molar-refractivity contribution in [2.45, 2.75) is 44.6 Å². The number of aliphatic hydroxyl groups is 1. The number of hydrogen-bond donors (Lipinski definition) is 1. The molecule has 0 aliphatic carbocycles. The predicted octanol–water partition coefficient (Wildman–Crippen LogP) is 0.624. The first-order valence-electron chi connectivity index (χ1n) is 4.61. The Labute approximate surface area is 79.1 Å². The van der Waals surface area contributed by atoms with Crippen LogP contribution in [0.1, 0.15) is 39.0 Å². The molecule has 0 aromatic rings. The number of carboxylic acids is 1. The highest BCUT2D eigenvalue weighted by atomic mass is 16.4. The molecule has 1 atom stereocenters. The van der Waals surface area contributed by atoms with Gasteiger partial charge < -0.3 is 15.0 Å². The van der Waals surface area contributed by atoms with Gasteiger partial charge in [0.05, 0.1) is 5.97 Å². The zero-order valence-corrected chi connectivity index (χ0v) is 8.08. The number of hydrogen-bond acceptors (Lipinski definition) is 3. The van der Waals surface area contributed by atoms with Crippen molar-refractivity contribution < 1.29 is 15.0 Å². The van der Waals surface area contributed by atoms with Crippen molar-refractivity contribution in [3.05, 3.63) is 12.7 Å². The van der Waals surface area contributed by atoms with Crippen LogP contribution in [0.2, 0.25) is 0 Å². The monoisotopic (exact) mass is 185 g/mol. The summed E-state index contributed by atoms with van der Waals surface area (Å²) in [6.45, 7) is 5.42. The van der Waals surface area contributed by atoms with E-state index < -0.39 is 11.6 Å². The molecule has 0 rings (SSSR count). The molecule has 76 valence electrons. The van der Waals surface area contributed by atoms with Gasteiger partial charge in [-0.1, -0.05) is 32.3 Å². The van der Waals surface area contributed by atoms with E-state index in [0.29, 0.717) is 6.42 Å². The van der Waals surface area contributed by atoms with Crippen molar-refractivity contribution in [1.82, 2.24) is 0 Å². The van der Waals surface area contributed by atoms with E-state index in [1.807, 2.05) is 6.92 Å². The molecule has 0 saturated heterocycles. The molecule has 3 nitrogen and oxygen atoms in total. The molecule has 0 amide bonds. The summed E-state index contributed by atoms with van der Waals surface area (Å²) in [4.78, 5) is 10.6. The van der Waals surface area contributed by atoms with E-state index in [0.717, 1.165) is 12.8 Å². The summed E-state index contributed by atoms with van der Waals surface area (Å²) in [5, 5.41) is 20.2. The Morgan fingerprint density at radius 2 is 2.23 bits per heavy atom. The number of unbranched alkanes of at least 4 members (excludes halogenated alkanes) is 2. The Hall–Kier alpha value is -0.830. The quantitative estimate of drug-likeness (QED) is 0.467. The van der Waals surface area contributed by atoms with E-state index in [1.165, 1.54) is 6.08 Å². The highest BCUT2D eigenvalue weighted by molar-refractivity contribution is 5.75. The standard InChI is InChI=1S/C10H18O3/c1-3-5-6-8-10(13,7-4-2)9(11)12/h4,13H,2-3,5-8H2,1H3,(H,11,12)/p-1. The molecule has 13 heavy (non-hydrogen) atoms. The molecular weight excluding hydrogens is 168 g/mol. The van der Waals surface area contributed by atoms with Gasteiger partial charge in [0.1, 0.15) is 5.60 Å². The summed E-state index contributed by atoms with van der Waals surface area (Å²) >= 11 is 0. The summed E-state index contributed by atoms with van der Waals surface area (Å²) in [7, 11) is 0. The van der Waals surface area contributed by atoms with E-state index in [9.17, 15) is 15.0 Å². The smallest absolute Gasteiger partial charge is 0.107 e. The number of rotatable bonds is 7. The molecule has 0 aromatic heterocycles. The first-order chi connectivity index (χ1) is 6.06. The molecule has 0 spiro atoms. The average Bonchev–Trinajstić information content (AvgIpc) is 2.05. The third kappa shape index (κ3) is 4.08. The second-order valence-electron chi connectivity index (χ2n) is 3.27. The van der Waals surface area contributed by atoms with Gasteiger partial charge in [0, 0.05) is 0 Å². The molecule has 0 bridgehead atoms. The maximum atomic E-state index is 10.6. The van der Waals surface area contributed by atoms with Gasteiger partial charge in [-0.3, -0.25) is 0 Å². The van der Waals surface area contributed by atoms with Gasteiger partial charge in [-0.25, -0.2) is 0 Å². The van der Waals surface area contributed by atoms with Gasteiger partial charge in [0.15, 0.2) is 0 Å². The third-order valence-corrected chi connectivity index (χ3v) is 2.06. The minimum atomic E-state index is -1.71. The minimum Gasteiger partial charge on any atom is -0.547 e. The van der Waals surface area contributed by atoms with Crippen LogP contribution in [0.5, 0.6) is 0 Å². The van der Waals surface area contributed by atoms with Crippen LogP contribution in [0.15, 0.2) is 12.7 Å². The van der Waals surface area contributed by atoms with E-state index in [2.05, 4.69) is 6.58 Å². The van der Waals surface area contributed by atoms with Crippen molar-refractivity contribution in [2.75, 3.05) is 0 Å². The second-order valence-corrected chi connectivity index (χ2v) is 3.27. The number of carboxylic acid groups (broad SMARTS) is 1. The number of carbonyl (C=O) groups is 1. The van der Waals surface area contributed by atoms with Crippen LogP contribution in [0.25, 0.3) is 0 Å². The Balaban J connectivity index is 4.07. The zero-order chi connectivity index (χ0) is 10.3. The summed E-state index contributed by atoms with van der Waals surface area (Å²) in [5.41, 5.74) is -1.71. The van der Waals surface area contributed by atoms with Crippen LogP contribution in [0.4, 0.5) is 0 Å². The summed E-state index contributed by atoms with van der Waals surface area (Å²) in [5.74, 6) is -1.40.